The Morgan fingerprint density at radius 1 is 1.12 bits per heavy atom. The molecule has 164 valence electrons. The summed E-state index contributed by atoms with van der Waals surface area (Å²) in [5, 5.41) is 7.66. The number of nitrogens with zero attached hydrogens (tertiary/aromatic N) is 2. The number of amides is 2. The summed E-state index contributed by atoms with van der Waals surface area (Å²) in [5.41, 5.74) is 3.38. The van der Waals surface area contributed by atoms with Crippen LogP contribution in [-0.2, 0) is 18.3 Å². The van der Waals surface area contributed by atoms with Crippen LogP contribution in [0, 0.1) is 6.92 Å². The average Bonchev–Trinajstić information content (AvgIpc) is 3.42. The Labute approximate surface area is 190 Å². The molecule has 32 heavy (non-hydrogen) atoms. The maximum absolute atomic E-state index is 12.3. The number of hydrogen-bond acceptors (Lipinski definition) is 5. The van der Waals surface area contributed by atoms with Crippen LogP contribution in [0.4, 0.5) is 5.69 Å². The summed E-state index contributed by atoms with van der Waals surface area (Å²) in [7, 11) is 1.94. The second kappa shape index (κ2) is 9.65. The molecule has 2 heterocycles. The minimum Gasteiger partial charge on any atom is -0.483 e. The Kier molecular flexibility index (Phi) is 6.51. The molecule has 8 heteroatoms. The molecule has 4 rings (SSSR count). The number of aromatic nitrogens is 2. The number of imidazole rings is 1. The number of fused-ring (bicyclic) bond motifs is 1. The standard InChI is InChI=1S/C24H24N4O3S/c1-16-6-3-4-7-20(16)31-15-23(29)26-17-9-10-19-18(14-17)27-22(28(19)2)11-12-25-24(30)21-8-5-13-32-21/h3-10,13-14H,11-12,15H2,1-2H3,(H,25,30)(H,26,29). The van der Waals surface area contributed by atoms with Crippen molar-refractivity contribution in [3.63, 3.8) is 0 Å². The molecule has 2 N–H and O–H groups in total. The molecule has 0 spiro atoms. The quantitative estimate of drug-likeness (QED) is 0.428. The number of aryl methyl sites for hydroxylation is 2. The number of nitrogens with one attached hydrogen (secondary N) is 2. The Balaban J connectivity index is 1.35. The highest BCUT2D eigenvalue weighted by Crippen LogP contribution is 2.20. The van der Waals surface area contributed by atoms with Crippen molar-refractivity contribution in [2.24, 2.45) is 7.05 Å². The summed E-state index contributed by atoms with van der Waals surface area (Å²) in [6.07, 6.45) is 0.605. The normalized spacial score (nSPS) is 10.8. The van der Waals surface area contributed by atoms with E-state index in [1.165, 1.54) is 11.3 Å². The zero-order valence-corrected chi connectivity index (χ0v) is 18.7. The minimum atomic E-state index is -0.236. The summed E-state index contributed by atoms with van der Waals surface area (Å²) in [6.45, 7) is 2.36. The molecule has 4 aromatic rings. The van der Waals surface area contributed by atoms with Crippen LogP contribution in [0.5, 0.6) is 5.75 Å². The third kappa shape index (κ3) is 4.97. The summed E-state index contributed by atoms with van der Waals surface area (Å²) < 4.78 is 7.61. The van der Waals surface area contributed by atoms with Gasteiger partial charge in [0.25, 0.3) is 11.8 Å². The number of anilines is 1. The molecule has 0 radical (unpaired) electrons. The van der Waals surface area contributed by atoms with Crippen LogP contribution in [0.1, 0.15) is 21.1 Å². The number of benzene rings is 2. The highest BCUT2D eigenvalue weighted by Gasteiger charge is 2.12. The monoisotopic (exact) mass is 448 g/mol. The zero-order chi connectivity index (χ0) is 22.5. The average molecular weight is 449 g/mol. The molecule has 0 saturated carbocycles. The fraction of sp³-hybridized carbons (Fsp3) is 0.208. The maximum atomic E-state index is 12.3. The number of carbonyl (C=O) groups excluding carboxylic acids is 2. The predicted octanol–water partition coefficient (Wildman–Crippen LogP) is 3.93. The maximum Gasteiger partial charge on any atom is 0.262 e. The third-order valence-electron chi connectivity index (χ3n) is 5.09. The van der Waals surface area contributed by atoms with Crippen LogP contribution in [0.25, 0.3) is 11.0 Å². The van der Waals surface area contributed by atoms with E-state index < -0.39 is 0 Å². The molecule has 0 bridgehead atoms. The van der Waals surface area contributed by atoms with Crippen LogP contribution in [0.3, 0.4) is 0 Å². The van der Waals surface area contributed by atoms with Gasteiger partial charge in [-0.2, -0.15) is 0 Å². The first-order valence-corrected chi connectivity index (χ1v) is 11.1. The van der Waals surface area contributed by atoms with Crippen LogP contribution in [0.15, 0.2) is 60.0 Å². The van der Waals surface area contributed by atoms with Gasteiger partial charge in [0.1, 0.15) is 11.6 Å². The number of thiophene rings is 1. The summed E-state index contributed by atoms with van der Waals surface area (Å²) in [5.74, 6) is 1.24. The Bertz CT molecular complexity index is 1250. The molecular formula is C24H24N4O3S. The van der Waals surface area contributed by atoms with Crippen LogP contribution < -0.4 is 15.4 Å². The van der Waals surface area contributed by atoms with Gasteiger partial charge in [-0.15, -0.1) is 11.3 Å². The topological polar surface area (TPSA) is 85.2 Å². The Morgan fingerprint density at radius 2 is 1.97 bits per heavy atom. The molecule has 0 saturated heterocycles. The van der Waals surface area contributed by atoms with Gasteiger partial charge in [0.2, 0.25) is 0 Å². The number of carbonyl (C=O) groups is 2. The lowest BCUT2D eigenvalue weighted by atomic mass is 10.2. The first-order valence-electron chi connectivity index (χ1n) is 10.3. The van der Waals surface area contributed by atoms with Gasteiger partial charge in [-0.1, -0.05) is 24.3 Å². The van der Waals surface area contributed by atoms with Crippen molar-refractivity contribution in [2.45, 2.75) is 13.3 Å². The molecule has 2 aromatic carbocycles. The molecular weight excluding hydrogens is 424 g/mol. The van der Waals surface area contributed by atoms with Gasteiger partial charge in [0.15, 0.2) is 6.61 Å². The first kappa shape index (κ1) is 21.6. The fourth-order valence-electron chi connectivity index (χ4n) is 3.39. The van der Waals surface area contributed by atoms with Gasteiger partial charge in [-0.05, 0) is 48.2 Å². The van der Waals surface area contributed by atoms with Crippen molar-refractivity contribution < 1.29 is 14.3 Å². The van der Waals surface area contributed by atoms with E-state index >= 15 is 0 Å². The lowest BCUT2D eigenvalue weighted by Crippen LogP contribution is -2.25. The zero-order valence-electron chi connectivity index (χ0n) is 17.9. The molecule has 0 aliphatic heterocycles. The number of rotatable bonds is 8. The van der Waals surface area contributed by atoms with E-state index in [1.807, 2.05) is 72.4 Å². The predicted molar refractivity (Wildman–Crippen MR) is 126 cm³/mol. The molecule has 0 fully saturated rings. The van der Waals surface area contributed by atoms with Crippen LogP contribution in [-0.4, -0.2) is 34.5 Å². The highest BCUT2D eigenvalue weighted by molar-refractivity contribution is 7.12. The molecule has 0 aliphatic rings. The van der Waals surface area contributed by atoms with Crippen LogP contribution in [0.2, 0.25) is 0 Å². The van der Waals surface area contributed by atoms with Gasteiger partial charge in [0.05, 0.1) is 15.9 Å². The van der Waals surface area contributed by atoms with E-state index in [-0.39, 0.29) is 18.4 Å². The smallest absolute Gasteiger partial charge is 0.262 e. The van der Waals surface area contributed by atoms with Gasteiger partial charge >= 0.3 is 0 Å². The van der Waals surface area contributed by atoms with Crippen molar-refractivity contribution >= 4 is 39.9 Å². The minimum absolute atomic E-state index is 0.0691. The Morgan fingerprint density at radius 3 is 2.75 bits per heavy atom. The number of ether oxygens (including phenoxy) is 1. The van der Waals surface area contributed by atoms with Crippen molar-refractivity contribution in [1.82, 2.24) is 14.9 Å². The lowest BCUT2D eigenvalue weighted by Gasteiger charge is -2.09. The molecule has 0 atom stereocenters. The van der Waals surface area contributed by atoms with Crippen molar-refractivity contribution in [1.29, 1.82) is 0 Å². The van der Waals surface area contributed by atoms with E-state index in [2.05, 4.69) is 15.6 Å². The van der Waals surface area contributed by atoms with Crippen molar-refractivity contribution in [3.05, 3.63) is 76.2 Å². The van der Waals surface area contributed by atoms with Gasteiger partial charge in [-0.25, -0.2) is 4.98 Å². The largest absolute Gasteiger partial charge is 0.483 e. The third-order valence-corrected chi connectivity index (χ3v) is 5.96. The van der Waals surface area contributed by atoms with E-state index in [0.717, 1.165) is 22.4 Å². The van der Waals surface area contributed by atoms with Gasteiger partial charge < -0.3 is 19.9 Å². The second-order valence-electron chi connectivity index (χ2n) is 7.38. The number of para-hydroxylation sites is 1. The first-order chi connectivity index (χ1) is 15.5. The van der Waals surface area contributed by atoms with Crippen molar-refractivity contribution in [3.8, 4) is 5.75 Å². The molecule has 2 aromatic heterocycles. The second-order valence-corrected chi connectivity index (χ2v) is 8.32. The van der Waals surface area contributed by atoms with Crippen molar-refractivity contribution in [2.75, 3.05) is 18.5 Å². The SMILES string of the molecule is Cc1ccccc1OCC(=O)Nc1ccc2c(c1)nc(CCNC(=O)c1cccs1)n2C. The van der Waals surface area contributed by atoms with Gasteiger partial charge in [0, 0.05) is 25.7 Å². The summed E-state index contributed by atoms with van der Waals surface area (Å²) >= 11 is 1.42. The highest BCUT2D eigenvalue weighted by atomic mass is 32.1. The summed E-state index contributed by atoms with van der Waals surface area (Å²) in [4.78, 5) is 29.8. The lowest BCUT2D eigenvalue weighted by molar-refractivity contribution is -0.118. The van der Waals surface area contributed by atoms with E-state index in [0.29, 0.717) is 29.3 Å². The van der Waals surface area contributed by atoms with E-state index in [9.17, 15) is 9.59 Å². The molecule has 7 nitrogen and oxygen atoms in total. The molecule has 2 amide bonds. The molecule has 0 aliphatic carbocycles. The Hall–Kier alpha value is -3.65. The van der Waals surface area contributed by atoms with Crippen LogP contribution >= 0.6 is 11.3 Å². The molecule has 0 unspecified atom stereocenters. The van der Waals surface area contributed by atoms with Gasteiger partial charge in [-0.3, -0.25) is 9.59 Å². The summed E-state index contributed by atoms with van der Waals surface area (Å²) in [6, 6.07) is 16.9. The van der Waals surface area contributed by atoms with E-state index in [1.54, 1.807) is 6.07 Å². The fourth-order valence-corrected chi connectivity index (χ4v) is 4.03. The van der Waals surface area contributed by atoms with E-state index in [4.69, 9.17) is 4.74 Å². The number of hydrogen-bond donors (Lipinski definition) is 2.